The SMILES string of the molecule is O=C(N1c2ccccc2[C@@H]2[C@@H](CCN2Cc2ccccc2)[C@@H]1CCCO)C(F)(F)F. The minimum Gasteiger partial charge on any atom is -0.396 e. The molecular formula is C23H25F3N2O2. The van der Waals surface area contributed by atoms with Crippen molar-refractivity contribution in [1.29, 1.82) is 0 Å². The minimum absolute atomic E-state index is 0.0533. The number of carbonyl (C=O) groups is 1. The Morgan fingerprint density at radius 1 is 1.07 bits per heavy atom. The first-order chi connectivity index (χ1) is 14.4. The van der Waals surface area contributed by atoms with Crippen LogP contribution in [0.5, 0.6) is 0 Å². The Kier molecular flexibility index (Phi) is 5.84. The third-order valence-corrected chi connectivity index (χ3v) is 6.24. The predicted octanol–water partition coefficient (Wildman–Crippen LogP) is 4.30. The molecule has 2 aliphatic heterocycles. The second-order valence-electron chi connectivity index (χ2n) is 8.02. The summed E-state index contributed by atoms with van der Waals surface area (Å²) in [5, 5.41) is 9.33. The molecule has 1 amide bonds. The first-order valence-electron chi connectivity index (χ1n) is 10.3. The highest BCUT2D eigenvalue weighted by molar-refractivity contribution is 5.99. The van der Waals surface area contributed by atoms with Crippen LogP contribution in [0.15, 0.2) is 54.6 Å². The predicted molar refractivity (Wildman–Crippen MR) is 108 cm³/mol. The Morgan fingerprint density at radius 3 is 2.47 bits per heavy atom. The van der Waals surface area contributed by atoms with Gasteiger partial charge in [-0.25, -0.2) is 0 Å². The van der Waals surface area contributed by atoms with E-state index in [4.69, 9.17) is 0 Å². The largest absolute Gasteiger partial charge is 0.471 e. The Bertz CT molecular complexity index is 888. The lowest BCUT2D eigenvalue weighted by Crippen LogP contribution is -2.54. The topological polar surface area (TPSA) is 43.8 Å². The molecule has 4 rings (SSSR count). The van der Waals surface area contributed by atoms with E-state index in [1.54, 1.807) is 12.1 Å². The first-order valence-corrected chi connectivity index (χ1v) is 10.3. The number of carbonyl (C=O) groups excluding carboxylic acids is 1. The molecule has 2 aromatic rings. The molecule has 1 fully saturated rings. The summed E-state index contributed by atoms with van der Waals surface area (Å²) in [6.07, 6.45) is -3.54. The second kappa shape index (κ2) is 8.40. The van der Waals surface area contributed by atoms with Crippen LogP contribution >= 0.6 is 0 Å². The van der Waals surface area contributed by atoms with Gasteiger partial charge in [0.05, 0.1) is 0 Å². The monoisotopic (exact) mass is 418 g/mol. The van der Waals surface area contributed by atoms with E-state index in [1.165, 1.54) is 0 Å². The molecule has 3 atom stereocenters. The maximum Gasteiger partial charge on any atom is 0.471 e. The lowest BCUT2D eigenvalue weighted by molar-refractivity contribution is -0.171. The van der Waals surface area contributed by atoms with Crippen LogP contribution in [0.2, 0.25) is 0 Å². The molecule has 7 heteroatoms. The van der Waals surface area contributed by atoms with Crippen molar-refractivity contribution in [3.63, 3.8) is 0 Å². The van der Waals surface area contributed by atoms with Gasteiger partial charge in [-0.15, -0.1) is 0 Å². The zero-order chi connectivity index (χ0) is 21.3. The number of alkyl halides is 3. The lowest BCUT2D eigenvalue weighted by Gasteiger charge is -2.46. The van der Waals surface area contributed by atoms with Gasteiger partial charge in [0.2, 0.25) is 0 Å². The van der Waals surface area contributed by atoms with Crippen LogP contribution in [0.25, 0.3) is 0 Å². The van der Waals surface area contributed by atoms with Crippen molar-refractivity contribution in [2.24, 2.45) is 5.92 Å². The highest BCUT2D eigenvalue weighted by Crippen LogP contribution is 2.51. The molecule has 4 nitrogen and oxygen atoms in total. The number of likely N-dealkylation sites (tertiary alicyclic amines) is 1. The van der Waals surface area contributed by atoms with Crippen molar-refractivity contribution >= 4 is 11.6 Å². The summed E-state index contributed by atoms with van der Waals surface area (Å²) in [5.74, 6) is -1.93. The molecule has 0 bridgehead atoms. The third kappa shape index (κ3) is 3.84. The minimum atomic E-state index is -4.94. The van der Waals surface area contributed by atoms with Crippen LogP contribution in [0, 0.1) is 5.92 Å². The first kappa shape index (κ1) is 20.9. The second-order valence-corrected chi connectivity index (χ2v) is 8.02. The molecule has 0 aliphatic carbocycles. The number of benzene rings is 2. The zero-order valence-electron chi connectivity index (χ0n) is 16.6. The van der Waals surface area contributed by atoms with E-state index in [-0.39, 0.29) is 18.6 Å². The summed E-state index contributed by atoms with van der Waals surface area (Å²) < 4.78 is 40.4. The number of hydrogen-bond donors (Lipinski definition) is 1. The van der Waals surface area contributed by atoms with Crippen molar-refractivity contribution in [3.05, 3.63) is 65.7 Å². The smallest absolute Gasteiger partial charge is 0.396 e. The van der Waals surface area contributed by atoms with Crippen molar-refractivity contribution in [2.45, 2.75) is 44.1 Å². The van der Waals surface area contributed by atoms with E-state index < -0.39 is 18.1 Å². The van der Waals surface area contributed by atoms with E-state index in [0.717, 1.165) is 22.6 Å². The molecule has 1 saturated heterocycles. The molecular weight excluding hydrogens is 393 g/mol. The number of aliphatic hydroxyl groups is 1. The molecule has 0 unspecified atom stereocenters. The Morgan fingerprint density at radius 2 is 1.77 bits per heavy atom. The van der Waals surface area contributed by atoms with Gasteiger partial charge in [-0.2, -0.15) is 13.2 Å². The van der Waals surface area contributed by atoms with Crippen molar-refractivity contribution in [3.8, 4) is 0 Å². The number of fused-ring (bicyclic) bond motifs is 3. The molecule has 30 heavy (non-hydrogen) atoms. The Labute approximate surface area is 173 Å². The highest BCUT2D eigenvalue weighted by Gasteiger charge is 2.53. The fourth-order valence-electron chi connectivity index (χ4n) is 5.08. The zero-order valence-corrected chi connectivity index (χ0v) is 16.6. The molecule has 1 N–H and O–H groups in total. The molecule has 0 spiro atoms. The van der Waals surface area contributed by atoms with Crippen LogP contribution < -0.4 is 4.90 Å². The van der Waals surface area contributed by atoms with E-state index in [9.17, 15) is 23.1 Å². The van der Waals surface area contributed by atoms with Gasteiger partial charge in [-0.1, -0.05) is 48.5 Å². The van der Waals surface area contributed by atoms with Gasteiger partial charge in [-0.3, -0.25) is 9.69 Å². The quantitative estimate of drug-likeness (QED) is 0.788. The maximum atomic E-state index is 13.5. The van der Waals surface area contributed by atoms with Crippen LogP contribution in [0.4, 0.5) is 18.9 Å². The summed E-state index contributed by atoms with van der Waals surface area (Å²) in [4.78, 5) is 15.7. The summed E-state index contributed by atoms with van der Waals surface area (Å²) in [7, 11) is 0. The van der Waals surface area contributed by atoms with Gasteiger partial charge in [-0.05, 0) is 43.0 Å². The number of rotatable bonds is 5. The molecule has 0 saturated carbocycles. The van der Waals surface area contributed by atoms with Gasteiger partial charge < -0.3 is 10.0 Å². The number of anilines is 1. The normalized spacial score (nSPS) is 23.9. The Balaban J connectivity index is 1.75. The Hall–Kier alpha value is -2.38. The van der Waals surface area contributed by atoms with Crippen LogP contribution in [0.1, 0.15) is 36.4 Å². The van der Waals surface area contributed by atoms with Crippen LogP contribution in [0.3, 0.4) is 0 Å². The van der Waals surface area contributed by atoms with Gasteiger partial charge in [0.1, 0.15) is 0 Å². The van der Waals surface area contributed by atoms with Gasteiger partial charge >= 0.3 is 12.1 Å². The number of halogens is 3. The van der Waals surface area contributed by atoms with E-state index in [1.807, 2.05) is 42.5 Å². The summed E-state index contributed by atoms with van der Waals surface area (Å²) in [5.41, 5.74) is 2.26. The molecule has 2 heterocycles. The molecule has 160 valence electrons. The molecule has 0 radical (unpaired) electrons. The number of amides is 1. The number of nitrogens with zero attached hydrogens (tertiary/aromatic N) is 2. The molecule has 2 aromatic carbocycles. The van der Waals surface area contributed by atoms with Gasteiger partial charge in [0.25, 0.3) is 0 Å². The van der Waals surface area contributed by atoms with E-state index >= 15 is 0 Å². The lowest BCUT2D eigenvalue weighted by atomic mass is 9.79. The average molecular weight is 418 g/mol. The summed E-state index contributed by atoms with van der Waals surface area (Å²) in [6, 6.07) is 16.3. The standard InChI is InChI=1S/C23H25F3N2O2/c24-23(25,26)22(30)28-19-10-5-4-9-17(19)21-18(20(28)11-6-14-29)12-13-27(21)15-16-7-2-1-3-8-16/h1-5,7-10,18,20-21,29H,6,11-15H2/t18-,20-,21+/m0/s1. The van der Waals surface area contributed by atoms with E-state index in [2.05, 4.69) is 4.90 Å². The number of hydrogen-bond acceptors (Lipinski definition) is 3. The summed E-state index contributed by atoms with van der Waals surface area (Å²) in [6.45, 7) is 1.34. The van der Waals surface area contributed by atoms with Crippen LogP contribution in [-0.4, -0.2) is 41.3 Å². The molecule has 2 aliphatic rings. The summed E-state index contributed by atoms with van der Waals surface area (Å²) >= 11 is 0. The average Bonchev–Trinajstić information content (AvgIpc) is 3.15. The highest BCUT2D eigenvalue weighted by atomic mass is 19.4. The molecule has 0 aromatic heterocycles. The van der Waals surface area contributed by atoms with Crippen molar-refractivity contribution < 1.29 is 23.1 Å². The van der Waals surface area contributed by atoms with Gasteiger partial charge in [0.15, 0.2) is 0 Å². The number of para-hydroxylation sites is 1. The fraction of sp³-hybridized carbons (Fsp3) is 0.435. The van der Waals surface area contributed by atoms with Gasteiger partial charge in [0, 0.05) is 36.8 Å². The maximum absolute atomic E-state index is 13.5. The third-order valence-electron chi connectivity index (χ3n) is 6.24. The van der Waals surface area contributed by atoms with E-state index in [0.29, 0.717) is 31.5 Å². The van der Waals surface area contributed by atoms with Crippen molar-refractivity contribution in [2.75, 3.05) is 18.1 Å². The fourth-order valence-corrected chi connectivity index (χ4v) is 5.08. The van der Waals surface area contributed by atoms with Crippen molar-refractivity contribution in [1.82, 2.24) is 4.90 Å². The van der Waals surface area contributed by atoms with Crippen LogP contribution in [-0.2, 0) is 11.3 Å². The number of aliphatic hydroxyl groups excluding tert-OH is 1.